The summed E-state index contributed by atoms with van der Waals surface area (Å²) in [6, 6.07) is 13.6. The lowest BCUT2D eigenvalue weighted by molar-refractivity contribution is -0.383. The number of hydrogen-bond donors (Lipinski definition) is 2. The zero-order valence-corrected chi connectivity index (χ0v) is 20.1. The zero-order chi connectivity index (χ0) is 25.7. The van der Waals surface area contributed by atoms with Gasteiger partial charge >= 0.3 is 5.97 Å². The van der Waals surface area contributed by atoms with E-state index in [1.165, 1.54) is 13.2 Å². The monoisotopic (exact) mass is 489 g/mol. The predicted molar refractivity (Wildman–Crippen MR) is 135 cm³/mol. The molecule has 4 rings (SSSR count). The number of esters is 1. The molecular weight excluding hydrogens is 462 g/mol. The second kappa shape index (κ2) is 10.9. The van der Waals surface area contributed by atoms with Gasteiger partial charge in [0.25, 0.3) is 5.69 Å². The molecule has 0 radical (unpaired) electrons. The molecule has 0 atom stereocenters. The average molecular weight is 490 g/mol. The third-order valence-electron chi connectivity index (χ3n) is 6.39. The molecular formula is C26H27N5O5. The van der Waals surface area contributed by atoms with E-state index < -0.39 is 4.92 Å². The van der Waals surface area contributed by atoms with Gasteiger partial charge in [0, 0.05) is 23.7 Å². The van der Waals surface area contributed by atoms with Crippen LogP contribution in [0, 0.1) is 28.9 Å². The molecule has 1 fully saturated rings. The highest BCUT2D eigenvalue weighted by atomic mass is 16.6. The Morgan fingerprint density at radius 3 is 2.42 bits per heavy atom. The molecule has 36 heavy (non-hydrogen) atoms. The summed E-state index contributed by atoms with van der Waals surface area (Å²) in [5.41, 5.74) is 2.82. The Labute approximate surface area is 208 Å². The number of methoxy groups -OCH3 is 1. The lowest BCUT2D eigenvalue weighted by Gasteiger charge is -2.26. The Bertz CT molecular complexity index is 1270. The van der Waals surface area contributed by atoms with Gasteiger partial charge in [-0.05, 0) is 69.0 Å². The fraction of sp³-hybridized carbons (Fsp3) is 0.308. The molecule has 1 aliphatic carbocycles. The van der Waals surface area contributed by atoms with E-state index in [1.54, 1.807) is 43.5 Å². The lowest BCUT2D eigenvalue weighted by atomic mass is 9.81. The van der Waals surface area contributed by atoms with Gasteiger partial charge in [-0.15, -0.1) is 0 Å². The van der Waals surface area contributed by atoms with E-state index in [1.807, 2.05) is 12.1 Å². The number of ether oxygens (including phenoxy) is 1. The van der Waals surface area contributed by atoms with E-state index in [9.17, 15) is 19.7 Å². The summed E-state index contributed by atoms with van der Waals surface area (Å²) in [7, 11) is 1.38. The SMILES string of the molecule is COC(=O)[C@H]1CC[C@H](C(=O)Nc2ccc(Nc3cc(-c4ccccn4)ccc3[N+](=O)[O-])c(C)n2)CC1. The predicted octanol–water partition coefficient (Wildman–Crippen LogP) is 5.02. The van der Waals surface area contributed by atoms with E-state index in [0.29, 0.717) is 54.3 Å². The van der Waals surface area contributed by atoms with E-state index >= 15 is 0 Å². The third kappa shape index (κ3) is 5.65. The fourth-order valence-electron chi connectivity index (χ4n) is 4.38. The first-order valence-electron chi connectivity index (χ1n) is 11.7. The minimum atomic E-state index is -0.448. The van der Waals surface area contributed by atoms with Crippen LogP contribution in [0.1, 0.15) is 31.4 Å². The summed E-state index contributed by atoms with van der Waals surface area (Å²) in [5, 5.41) is 17.6. The van der Waals surface area contributed by atoms with Gasteiger partial charge in [-0.1, -0.05) is 6.07 Å². The molecule has 1 aromatic carbocycles. The number of nitrogens with one attached hydrogen (secondary N) is 2. The highest BCUT2D eigenvalue weighted by molar-refractivity contribution is 5.92. The van der Waals surface area contributed by atoms with Gasteiger partial charge in [-0.2, -0.15) is 0 Å². The number of carbonyl (C=O) groups is 2. The van der Waals surface area contributed by atoms with E-state index in [-0.39, 0.29) is 29.4 Å². The minimum absolute atomic E-state index is 0.0750. The van der Waals surface area contributed by atoms with Gasteiger partial charge < -0.3 is 15.4 Å². The van der Waals surface area contributed by atoms with Crippen LogP contribution in [0.2, 0.25) is 0 Å². The smallest absolute Gasteiger partial charge is 0.308 e. The fourth-order valence-corrected chi connectivity index (χ4v) is 4.38. The van der Waals surface area contributed by atoms with Crippen LogP contribution in [-0.2, 0) is 14.3 Å². The van der Waals surface area contributed by atoms with Gasteiger partial charge in [0.05, 0.1) is 35.0 Å². The second-order valence-corrected chi connectivity index (χ2v) is 8.72. The van der Waals surface area contributed by atoms with E-state index in [4.69, 9.17) is 4.74 Å². The molecule has 2 N–H and O–H groups in total. The largest absolute Gasteiger partial charge is 0.469 e. The Morgan fingerprint density at radius 1 is 1.03 bits per heavy atom. The highest BCUT2D eigenvalue weighted by Crippen LogP contribution is 2.33. The number of rotatable bonds is 7. The molecule has 1 saturated carbocycles. The van der Waals surface area contributed by atoms with E-state index in [0.717, 1.165) is 5.56 Å². The maximum atomic E-state index is 12.7. The third-order valence-corrected chi connectivity index (χ3v) is 6.39. The topological polar surface area (TPSA) is 136 Å². The molecule has 1 aliphatic rings. The molecule has 186 valence electrons. The molecule has 2 heterocycles. The van der Waals surface area contributed by atoms with Crippen molar-refractivity contribution in [1.29, 1.82) is 0 Å². The van der Waals surface area contributed by atoms with Crippen molar-refractivity contribution in [2.24, 2.45) is 11.8 Å². The summed E-state index contributed by atoms with van der Waals surface area (Å²) >= 11 is 0. The van der Waals surface area contributed by atoms with Crippen LogP contribution in [0.25, 0.3) is 11.3 Å². The van der Waals surface area contributed by atoms with Crippen LogP contribution in [0.3, 0.4) is 0 Å². The van der Waals surface area contributed by atoms with Gasteiger partial charge in [0.2, 0.25) is 5.91 Å². The maximum Gasteiger partial charge on any atom is 0.308 e. The number of nitrogens with zero attached hydrogens (tertiary/aromatic N) is 3. The Kier molecular flexibility index (Phi) is 7.53. The minimum Gasteiger partial charge on any atom is -0.469 e. The summed E-state index contributed by atoms with van der Waals surface area (Å²) in [5.74, 6) is -0.299. The van der Waals surface area contributed by atoms with Crippen molar-refractivity contribution in [1.82, 2.24) is 9.97 Å². The number of aromatic nitrogens is 2. The first kappa shape index (κ1) is 24.8. The van der Waals surface area contributed by atoms with Crippen LogP contribution >= 0.6 is 0 Å². The number of anilines is 3. The number of amides is 1. The van der Waals surface area contributed by atoms with Gasteiger partial charge in [-0.3, -0.25) is 24.7 Å². The molecule has 0 saturated heterocycles. The van der Waals surface area contributed by atoms with Crippen molar-refractivity contribution < 1.29 is 19.2 Å². The normalized spacial score (nSPS) is 17.2. The molecule has 10 nitrogen and oxygen atoms in total. The molecule has 1 amide bonds. The summed E-state index contributed by atoms with van der Waals surface area (Å²) < 4.78 is 4.80. The van der Waals surface area contributed by atoms with Crippen molar-refractivity contribution in [3.63, 3.8) is 0 Å². The lowest BCUT2D eigenvalue weighted by Crippen LogP contribution is -2.30. The molecule has 0 aliphatic heterocycles. The summed E-state index contributed by atoms with van der Waals surface area (Å²) in [6.45, 7) is 1.76. The van der Waals surface area contributed by atoms with Crippen LogP contribution < -0.4 is 10.6 Å². The first-order valence-corrected chi connectivity index (χ1v) is 11.7. The van der Waals surface area contributed by atoms with Crippen LogP contribution in [0.5, 0.6) is 0 Å². The Balaban J connectivity index is 1.46. The number of nitro groups is 1. The van der Waals surface area contributed by atoms with Crippen molar-refractivity contribution in [2.45, 2.75) is 32.6 Å². The number of aryl methyl sites for hydroxylation is 1. The number of hydrogen-bond acceptors (Lipinski definition) is 8. The first-order chi connectivity index (χ1) is 17.4. The van der Waals surface area contributed by atoms with Crippen LogP contribution in [0.15, 0.2) is 54.7 Å². The molecule has 0 bridgehead atoms. The summed E-state index contributed by atoms with van der Waals surface area (Å²) in [6.07, 6.45) is 4.13. The number of benzene rings is 1. The van der Waals surface area contributed by atoms with Crippen LogP contribution in [-0.4, -0.2) is 33.9 Å². The van der Waals surface area contributed by atoms with Gasteiger partial charge in [0.15, 0.2) is 0 Å². The maximum absolute atomic E-state index is 12.7. The Hall–Kier alpha value is -4.34. The molecule has 2 aromatic heterocycles. The van der Waals surface area contributed by atoms with Crippen molar-refractivity contribution in [3.05, 3.63) is 70.5 Å². The Morgan fingerprint density at radius 2 is 1.78 bits per heavy atom. The van der Waals surface area contributed by atoms with Crippen molar-refractivity contribution >= 4 is 34.8 Å². The second-order valence-electron chi connectivity index (χ2n) is 8.72. The van der Waals surface area contributed by atoms with Gasteiger partial charge in [-0.25, -0.2) is 4.98 Å². The quantitative estimate of drug-likeness (QED) is 0.268. The van der Waals surface area contributed by atoms with E-state index in [2.05, 4.69) is 20.6 Å². The van der Waals surface area contributed by atoms with Gasteiger partial charge in [0.1, 0.15) is 11.5 Å². The molecule has 10 heteroatoms. The number of pyridine rings is 2. The molecule has 0 unspecified atom stereocenters. The average Bonchev–Trinajstić information content (AvgIpc) is 2.90. The molecule has 0 spiro atoms. The van der Waals surface area contributed by atoms with Crippen molar-refractivity contribution in [2.75, 3.05) is 17.7 Å². The summed E-state index contributed by atoms with van der Waals surface area (Å²) in [4.78, 5) is 44.4. The highest BCUT2D eigenvalue weighted by Gasteiger charge is 2.30. The standard InChI is InChI=1S/C26H27N5O5/c1-16-20(29-22-15-19(10-12-23(22)31(34)35)21-5-3-4-14-27-21)11-13-24(28-16)30-25(32)17-6-8-18(9-7-17)26(33)36-2/h3-5,10-15,17-18,29H,6-9H2,1-2H3,(H,28,30,32)/t17-,18-. The van der Waals surface area contributed by atoms with Crippen LogP contribution in [0.4, 0.5) is 22.9 Å². The number of carbonyl (C=O) groups excluding carboxylic acids is 2. The molecule has 3 aromatic rings. The zero-order valence-electron chi connectivity index (χ0n) is 20.1. The number of nitro benzene ring substituents is 1. The van der Waals surface area contributed by atoms with Crippen molar-refractivity contribution in [3.8, 4) is 11.3 Å².